The molecule has 0 radical (unpaired) electrons. The summed E-state index contributed by atoms with van der Waals surface area (Å²) in [4.78, 5) is 0. The number of nitrogens with two attached hydrogens (primary N) is 1. The number of alkyl halides is 3. The lowest BCUT2D eigenvalue weighted by Crippen LogP contribution is -2.28. The summed E-state index contributed by atoms with van der Waals surface area (Å²) in [6.07, 6.45) is -2.21. The molecule has 15 heavy (non-hydrogen) atoms. The largest absolute Gasteiger partial charge is 0.407 e. The molecule has 0 amide bonds. The normalized spacial score (nSPS) is 18.9. The Hall–Kier alpha value is -1.03. The van der Waals surface area contributed by atoms with E-state index < -0.39 is 12.2 Å². The molecule has 1 aliphatic rings. The van der Waals surface area contributed by atoms with Crippen LogP contribution in [0.5, 0.6) is 0 Å². The number of hydrogen-bond donors (Lipinski definition) is 1. The van der Waals surface area contributed by atoms with Gasteiger partial charge in [0.15, 0.2) is 0 Å². The topological polar surface area (TPSA) is 26.0 Å². The minimum atomic E-state index is -4.36. The quantitative estimate of drug-likeness (QED) is 0.805. The van der Waals surface area contributed by atoms with Gasteiger partial charge in [0.25, 0.3) is 0 Å². The highest BCUT2D eigenvalue weighted by molar-refractivity contribution is 5.31. The monoisotopic (exact) mass is 215 g/mol. The van der Waals surface area contributed by atoms with Gasteiger partial charge in [0.1, 0.15) is 6.04 Å². The van der Waals surface area contributed by atoms with Gasteiger partial charge in [-0.2, -0.15) is 13.2 Å². The molecule has 0 bridgehead atoms. The first-order valence-corrected chi connectivity index (χ1v) is 4.90. The standard InChI is InChI=1S/C11H12F3N/c12-11(13,14)10(15)9-3-1-2-8(6-9)7-4-5-7/h1-3,6-7,10H,4-5,15H2. The van der Waals surface area contributed by atoms with E-state index >= 15 is 0 Å². The fourth-order valence-corrected chi connectivity index (χ4v) is 1.61. The molecule has 0 aliphatic heterocycles. The molecule has 1 aliphatic carbocycles. The van der Waals surface area contributed by atoms with E-state index in [1.54, 1.807) is 12.1 Å². The van der Waals surface area contributed by atoms with Crippen LogP contribution in [-0.2, 0) is 0 Å². The summed E-state index contributed by atoms with van der Waals surface area (Å²) in [5, 5.41) is 0. The van der Waals surface area contributed by atoms with Crippen LogP contribution >= 0.6 is 0 Å². The van der Waals surface area contributed by atoms with Crippen LogP contribution in [0.3, 0.4) is 0 Å². The van der Waals surface area contributed by atoms with E-state index in [4.69, 9.17) is 5.73 Å². The smallest absolute Gasteiger partial charge is 0.316 e. The van der Waals surface area contributed by atoms with Crippen molar-refractivity contribution in [2.45, 2.75) is 31.0 Å². The molecule has 1 aromatic rings. The zero-order valence-electron chi connectivity index (χ0n) is 8.09. The Bertz CT molecular complexity index is 355. The average Bonchev–Trinajstić information content (AvgIpc) is 2.98. The van der Waals surface area contributed by atoms with Crippen molar-refractivity contribution in [1.29, 1.82) is 0 Å². The molecule has 0 spiro atoms. The molecular formula is C11H12F3N. The molecule has 2 N–H and O–H groups in total. The summed E-state index contributed by atoms with van der Waals surface area (Å²) in [7, 11) is 0. The van der Waals surface area contributed by atoms with Crippen molar-refractivity contribution >= 4 is 0 Å². The Morgan fingerprint density at radius 1 is 1.27 bits per heavy atom. The predicted octanol–water partition coefficient (Wildman–Crippen LogP) is 3.13. The van der Waals surface area contributed by atoms with Crippen LogP contribution in [0.25, 0.3) is 0 Å². The fourth-order valence-electron chi connectivity index (χ4n) is 1.61. The van der Waals surface area contributed by atoms with Gasteiger partial charge in [-0.25, -0.2) is 0 Å². The Morgan fingerprint density at radius 2 is 1.93 bits per heavy atom. The second-order valence-electron chi connectivity index (χ2n) is 3.96. The zero-order valence-corrected chi connectivity index (χ0v) is 8.09. The van der Waals surface area contributed by atoms with Crippen LogP contribution in [-0.4, -0.2) is 6.18 Å². The lowest BCUT2D eigenvalue weighted by atomic mass is 10.0. The first-order valence-electron chi connectivity index (χ1n) is 4.90. The number of rotatable bonds is 2. The summed E-state index contributed by atoms with van der Waals surface area (Å²) in [5.74, 6) is 0.449. The van der Waals surface area contributed by atoms with Gasteiger partial charge in [0.05, 0.1) is 0 Å². The molecule has 82 valence electrons. The van der Waals surface area contributed by atoms with Crippen LogP contribution in [0.15, 0.2) is 24.3 Å². The van der Waals surface area contributed by atoms with Gasteiger partial charge in [-0.15, -0.1) is 0 Å². The number of hydrogen-bond acceptors (Lipinski definition) is 1. The van der Waals surface area contributed by atoms with Crippen LogP contribution in [0.1, 0.15) is 35.9 Å². The van der Waals surface area contributed by atoms with Crippen LogP contribution in [0.4, 0.5) is 13.2 Å². The van der Waals surface area contributed by atoms with E-state index in [0.717, 1.165) is 18.4 Å². The van der Waals surface area contributed by atoms with Crippen molar-refractivity contribution < 1.29 is 13.2 Å². The Kier molecular flexibility index (Phi) is 2.46. The Balaban J connectivity index is 2.24. The van der Waals surface area contributed by atoms with Crippen molar-refractivity contribution in [3.05, 3.63) is 35.4 Å². The highest BCUT2D eigenvalue weighted by Gasteiger charge is 2.38. The van der Waals surface area contributed by atoms with Crippen LogP contribution in [0.2, 0.25) is 0 Å². The lowest BCUT2D eigenvalue weighted by Gasteiger charge is -2.16. The minimum absolute atomic E-state index is 0.159. The van der Waals surface area contributed by atoms with E-state index in [1.165, 1.54) is 6.07 Å². The van der Waals surface area contributed by atoms with Gasteiger partial charge in [0.2, 0.25) is 0 Å². The maximum atomic E-state index is 12.4. The predicted molar refractivity (Wildman–Crippen MR) is 51.4 cm³/mol. The average molecular weight is 215 g/mol. The SMILES string of the molecule is NC(c1cccc(C2CC2)c1)C(F)(F)F. The summed E-state index contributed by atoms with van der Waals surface area (Å²) in [6, 6.07) is 4.66. The molecule has 4 heteroatoms. The summed E-state index contributed by atoms with van der Waals surface area (Å²) < 4.78 is 37.1. The molecule has 1 atom stereocenters. The van der Waals surface area contributed by atoms with Gasteiger partial charge >= 0.3 is 6.18 Å². The summed E-state index contributed by atoms with van der Waals surface area (Å²) in [6.45, 7) is 0. The molecule has 1 fully saturated rings. The highest BCUT2D eigenvalue weighted by Crippen LogP contribution is 2.41. The van der Waals surface area contributed by atoms with Crippen molar-refractivity contribution in [2.75, 3.05) is 0 Å². The van der Waals surface area contributed by atoms with E-state index in [0.29, 0.717) is 5.92 Å². The summed E-state index contributed by atoms with van der Waals surface area (Å²) >= 11 is 0. The summed E-state index contributed by atoms with van der Waals surface area (Å²) in [5.41, 5.74) is 6.27. The Morgan fingerprint density at radius 3 is 2.47 bits per heavy atom. The molecule has 2 rings (SSSR count). The molecule has 1 aromatic carbocycles. The molecule has 1 nitrogen and oxygen atoms in total. The highest BCUT2D eigenvalue weighted by atomic mass is 19.4. The number of benzene rings is 1. The van der Waals surface area contributed by atoms with E-state index in [9.17, 15) is 13.2 Å². The first-order chi connectivity index (χ1) is 6.98. The lowest BCUT2D eigenvalue weighted by molar-refractivity contribution is -0.149. The number of halogens is 3. The van der Waals surface area contributed by atoms with Gasteiger partial charge in [0, 0.05) is 0 Å². The molecular weight excluding hydrogens is 203 g/mol. The third-order valence-corrected chi connectivity index (χ3v) is 2.67. The van der Waals surface area contributed by atoms with E-state index in [2.05, 4.69) is 0 Å². The van der Waals surface area contributed by atoms with Crippen molar-refractivity contribution in [3.8, 4) is 0 Å². The second kappa shape index (κ2) is 3.52. The van der Waals surface area contributed by atoms with Gasteiger partial charge < -0.3 is 5.73 Å². The van der Waals surface area contributed by atoms with Crippen molar-refractivity contribution in [1.82, 2.24) is 0 Å². The minimum Gasteiger partial charge on any atom is -0.316 e. The molecule has 0 saturated heterocycles. The van der Waals surface area contributed by atoms with Crippen molar-refractivity contribution in [3.63, 3.8) is 0 Å². The van der Waals surface area contributed by atoms with Crippen LogP contribution in [0, 0.1) is 0 Å². The molecule has 0 heterocycles. The molecule has 1 saturated carbocycles. The van der Waals surface area contributed by atoms with Gasteiger partial charge in [-0.3, -0.25) is 0 Å². The van der Waals surface area contributed by atoms with Crippen molar-refractivity contribution in [2.24, 2.45) is 5.73 Å². The van der Waals surface area contributed by atoms with Gasteiger partial charge in [-0.1, -0.05) is 24.3 Å². The molecule has 0 aromatic heterocycles. The first kappa shape index (κ1) is 10.5. The van der Waals surface area contributed by atoms with Crippen LogP contribution < -0.4 is 5.73 Å². The second-order valence-corrected chi connectivity index (χ2v) is 3.96. The maximum absolute atomic E-state index is 12.4. The third-order valence-electron chi connectivity index (χ3n) is 2.67. The van der Waals surface area contributed by atoms with E-state index in [-0.39, 0.29) is 5.56 Å². The third kappa shape index (κ3) is 2.31. The Labute approximate surface area is 86.1 Å². The van der Waals surface area contributed by atoms with E-state index in [1.807, 2.05) is 6.07 Å². The van der Waals surface area contributed by atoms with Gasteiger partial charge in [-0.05, 0) is 29.9 Å². The maximum Gasteiger partial charge on any atom is 0.407 e. The fraction of sp³-hybridized carbons (Fsp3) is 0.455. The zero-order chi connectivity index (χ0) is 11.1. The molecule has 1 unspecified atom stereocenters.